The summed E-state index contributed by atoms with van der Waals surface area (Å²) >= 11 is 0. The number of amides is 1. The van der Waals surface area contributed by atoms with E-state index >= 15 is 0 Å². The van der Waals surface area contributed by atoms with Gasteiger partial charge in [0.2, 0.25) is 0 Å². The largest absolute Gasteiger partial charge is 0.467 e. The smallest absolute Gasteiger partial charge is 0.416 e. The molecule has 0 aliphatic rings. The van der Waals surface area contributed by atoms with Gasteiger partial charge < -0.3 is 10.1 Å². The third-order valence-electron chi connectivity index (χ3n) is 3.09. The average molecular weight is 317 g/mol. The minimum absolute atomic E-state index is 0.153. The van der Waals surface area contributed by atoms with Gasteiger partial charge in [0.05, 0.1) is 12.7 Å². The summed E-state index contributed by atoms with van der Waals surface area (Å²) < 4.78 is 42.5. The lowest BCUT2D eigenvalue weighted by Crippen LogP contribution is -2.41. The molecule has 7 heteroatoms. The summed E-state index contributed by atoms with van der Waals surface area (Å²) in [4.78, 5) is 23.6. The van der Waals surface area contributed by atoms with Crippen molar-refractivity contribution in [1.29, 1.82) is 0 Å². The summed E-state index contributed by atoms with van der Waals surface area (Å²) in [5.74, 6) is -1.36. The molecule has 1 aromatic rings. The van der Waals surface area contributed by atoms with Crippen LogP contribution in [0, 0.1) is 0 Å². The highest BCUT2D eigenvalue weighted by atomic mass is 19.4. The van der Waals surface area contributed by atoms with Gasteiger partial charge in [-0.2, -0.15) is 13.2 Å². The highest BCUT2D eigenvalue weighted by molar-refractivity contribution is 5.96. The Bertz CT molecular complexity index is 529. The number of carbonyl (C=O) groups is 2. The lowest BCUT2D eigenvalue weighted by atomic mass is 10.1. The molecule has 1 atom stereocenters. The van der Waals surface area contributed by atoms with Crippen molar-refractivity contribution in [2.75, 3.05) is 7.11 Å². The van der Waals surface area contributed by atoms with Crippen LogP contribution in [-0.4, -0.2) is 25.0 Å². The molecule has 22 heavy (non-hydrogen) atoms. The van der Waals surface area contributed by atoms with Crippen molar-refractivity contribution in [3.8, 4) is 0 Å². The molecule has 0 bridgehead atoms. The minimum atomic E-state index is -4.53. The number of benzene rings is 1. The maximum absolute atomic E-state index is 12.6. The van der Waals surface area contributed by atoms with Crippen molar-refractivity contribution >= 4 is 11.9 Å². The van der Waals surface area contributed by atoms with Crippen LogP contribution in [0.4, 0.5) is 13.2 Å². The second-order valence-electron chi connectivity index (χ2n) is 4.77. The molecule has 1 N–H and O–H groups in total. The van der Waals surface area contributed by atoms with Crippen molar-refractivity contribution in [2.45, 2.75) is 38.4 Å². The Morgan fingerprint density at radius 2 is 2.00 bits per heavy atom. The monoisotopic (exact) mass is 317 g/mol. The van der Waals surface area contributed by atoms with Gasteiger partial charge in [-0.1, -0.05) is 25.8 Å². The molecule has 0 aliphatic carbocycles. The van der Waals surface area contributed by atoms with E-state index in [1.165, 1.54) is 13.2 Å². The average Bonchev–Trinajstić information content (AvgIpc) is 2.49. The molecule has 0 fully saturated rings. The van der Waals surface area contributed by atoms with Gasteiger partial charge in [-0.15, -0.1) is 0 Å². The predicted octanol–water partition coefficient (Wildman–Crippen LogP) is 3.17. The highest BCUT2D eigenvalue weighted by Gasteiger charge is 2.31. The summed E-state index contributed by atoms with van der Waals surface area (Å²) in [6.07, 6.45) is -2.66. The molecule has 122 valence electrons. The number of rotatable bonds is 6. The molecule has 0 radical (unpaired) electrons. The Labute approximate surface area is 126 Å². The van der Waals surface area contributed by atoms with Gasteiger partial charge in [-0.05, 0) is 24.6 Å². The topological polar surface area (TPSA) is 55.4 Å². The Kier molecular flexibility index (Phi) is 6.39. The number of alkyl halides is 3. The molecule has 0 heterocycles. The highest BCUT2D eigenvalue weighted by Crippen LogP contribution is 2.29. The first-order chi connectivity index (χ1) is 10.3. The van der Waals surface area contributed by atoms with Crippen molar-refractivity contribution in [1.82, 2.24) is 5.32 Å². The van der Waals surface area contributed by atoms with Crippen molar-refractivity contribution in [3.63, 3.8) is 0 Å². The van der Waals surface area contributed by atoms with E-state index < -0.39 is 29.7 Å². The zero-order chi connectivity index (χ0) is 16.8. The summed E-state index contributed by atoms with van der Waals surface area (Å²) in [5.41, 5.74) is -1.07. The van der Waals surface area contributed by atoms with Crippen LogP contribution >= 0.6 is 0 Å². The second kappa shape index (κ2) is 7.82. The van der Waals surface area contributed by atoms with E-state index in [0.717, 1.165) is 24.6 Å². The summed E-state index contributed by atoms with van der Waals surface area (Å²) in [5, 5.41) is 2.42. The second-order valence-corrected chi connectivity index (χ2v) is 4.77. The lowest BCUT2D eigenvalue weighted by molar-refractivity contribution is -0.143. The first-order valence-electron chi connectivity index (χ1n) is 6.85. The number of halogens is 3. The lowest BCUT2D eigenvalue weighted by Gasteiger charge is -2.16. The number of carbonyl (C=O) groups excluding carboxylic acids is 2. The summed E-state index contributed by atoms with van der Waals surface area (Å²) in [7, 11) is 1.19. The number of hydrogen-bond acceptors (Lipinski definition) is 3. The maximum Gasteiger partial charge on any atom is 0.416 e. The normalized spacial score (nSPS) is 12.6. The van der Waals surface area contributed by atoms with E-state index in [1.54, 1.807) is 0 Å². The maximum atomic E-state index is 12.6. The standard InChI is InChI=1S/C15H18F3NO3/c1-3-4-8-12(14(21)22-2)19-13(20)10-6-5-7-11(9-10)15(16,17)18/h5-7,9,12H,3-4,8H2,1-2H3,(H,19,20)/t12-/m0/s1. The van der Waals surface area contributed by atoms with Crippen LogP contribution in [0.2, 0.25) is 0 Å². The molecule has 0 spiro atoms. The van der Waals surface area contributed by atoms with E-state index in [-0.39, 0.29) is 5.56 Å². The molecule has 0 saturated carbocycles. The predicted molar refractivity (Wildman–Crippen MR) is 74.2 cm³/mol. The van der Waals surface area contributed by atoms with Gasteiger partial charge in [0, 0.05) is 5.56 Å². The Hall–Kier alpha value is -2.05. The summed E-state index contributed by atoms with van der Waals surface area (Å²) in [6, 6.07) is 3.18. The van der Waals surface area contributed by atoms with Crippen LogP contribution < -0.4 is 5.32 Å². The molecule has 1 aromatic carbocycles. The fourth-order valence-corrected chi connectivity index (χ4v) is 1.88. The zero-order valence-corrected chi connectivity index (χ0v) is 12.4. The van der Waals surface area contributed by atoms with E-state index in [9.17, 15) is 22.8 Å². The molecular weight excluding hydrogens is 299 g/mol. The first-order valence-corrected chi connectivity index (χ1v) is 6.85. The fraction of sp³-hybridized carbons (Fsp3) is 0.467. The van der Waals surface area contributed by atoms with Crippen LogP contribution in [0.5, 0.6) is 0 Å². The van der Waals surface area contributed by atoms with E-state index in [1.807, 2.05) is 6.92 Å². The van der Waals surface area contributed by atoms with E-state index in [2.05, 4.69) is 10.1 Å². The number of esters is 1. The van der Waals surface area contributed by atoms with Crippen molar-refractivity contribution in [2.24, 2.45) is 0 Å². The number of methoxy groups -OCH3 is 1. The number of hydrogen-bond donors (Lipinski definition) is 1. The molecule has 0 aromatic heterocycles. The first kappa shape index (κ1) is 18.0. The number of nitrogens with one attached hydrogen (secondary N) is 1. The fourth-order valence-electron chi connectivity index (χ4n) is 1.88. The van der Waals surface area contributed by atoms with Gasteiger partial charge in [0.25, 0.3) is 5.91 Å². The molecule has 0 saturated heterocycles. The Morgan fingerprint density at radius 1 is 1.32 bits per heavy atom. The third-order valence-corrected chi connectivity index (χ3v) is 3.09. The third kappa shape index (κ3) is 5.05. The molecule has 0 aliphatic heterocycles. The minimum Gasteiger partial charge on any atom is -0.467 e. The molecule has 1 amide bonds. The van der Waals surface area contributed by atoms with Crippen molar-refractivity contribution < 1.29 is 27.5 Å². The van der Waals surface area contributed by atoms with E-state index in [0.29, 0.717) is 12.8 Å². The van der Waals surface area contributed by atoms with E-state index in [4.69, 9.17) is 0 Å². The van der Waals surface area contributed by atoms with Gasteiger partial charge in [0.1, 0.15) is 6.04 Å². The molecule has 1 rings (SSSR count). The summed E-state index contributed by atoms with van der Waals surface area (Å²) in [6.45, 7) is 1.92. The van der Waals surface area contributed by atoms with Crippen molar-refractivity contribution in [3.05, 3.63) is 35.4 Å². The SMILES string of the molecule is CCCC[C@H](NC(=O)c1cccc(C(F)(F)F)c1)C(=O)OC. The van der Waals surface area contributed by atoms with Gasteiger partial charge in [0.15, 0.2) is 0 Å². The quantitative estimate of drug-likeness (QED) is 0.820. The van der Waals surface area contributed by atoms with Crippen LogP contribution in [0.25, 0.3) is 0 Å². The zero-order valence-electron chi connectivity index (χ0n) is 12.4. The molecular formula is C15H18F3NO3. The molecule has 4 nitrogen and oxygen atoms in total. The molecule has 0 unspecified atom stereocenters. The number of unbranched alkanes of at least 4 members (excludes halogenated alkanes) is 1. The Morgan fingerprint density at radius 3 is 2.55 bits per heavy atom. The van der Waals surface area contributed by atoms with Crippen LogP contribution in [0.3, 0.4) is 0 Å². The Balaban J connectivity index is 2.88. The van der Waals surface area contributed by atoms with Crippen LogP contribution in [0.15, 0.2) is 24.3 Å². The number of ether oxygens (including phenoxy) is 1. The van der Waals surface area contributed by atoms with Crippen LogP contribution in [-0.2, 0) is 15.7 Å². The van der Waals surface area contributed by atoms with Gasteiger partial charge >= 0.3 is 12.1 Å². The van der Waals surface area contributed by atoms with Gasteiger partial charge in [-0.3, -0.25) is 4.79 Å². The van der Waals surface area contributed by atoms with Gasteiger partial charge in [-0.25, -0.2) is 4.79 Å². The van der Waals surface area contributed by atoms with Crippen LogP contribution in [0.1, 0.15) is 42.1 Å².